The van der Waals surface area contributed by atoms with Crippen molar-refractivity contribution in [3.8, 4) is 0 Å². The number of fused-ring (bicyclic) bond motifs is 2. The summed E-state index contributed by atoms with van der Waals surface area (Å²) in [7, 11) is 0. The summed E-state index contributed by atoms with van der Waals surface area (Å²) in [5, 5.41) is 7.78. The number of benzene rings is 2. The van der Waals surface area contributed by atoms with E-state index in [-0.39, 0.29) is 11.9 Å². The molecular formula is C19H20FN5O. The van der Waals surface area contributed by atoms with Crippen molar-refractivity contribution in [3.05, 3.63) is 59.4 Å². The van der Waals surface area contributed by atoms with Crippen molar-refractivity contribution in [1.82, 2.24) is 26.1 Å². The predicted octanol–water partition coefficient (Wildman–Crippen LogP) is 2.40. The van der Waals surface area contributed by atoms with Gasteiger partial charge in [-0.05, 0) is 52.1 Å². The van der Waals surface area contributed by atoms with Gasteiger partial charge in [-0.2, -0.15) is 0 Å². The van der Waals surface area contributed by atoms with Gasteiger partial charge in [-0.15, -0.1) is 0 Å². The molecule has 0 bridgehead atoms. The molecule has 3 heterocycles. The molecule has 7 heteroatoms. The number of aromatic nitrogens is 2. The number of rotatable bonds is 3. The highest BCUT2D eigenvalue weighted by Gasteiger charge is 2.40. The molecule has 2 aliphatic heterocycles. The van der Waals surface area contributed by atoms with Crippen molar-refractivity contribution in [1.29, 1.82) is 0 Å². The molecule has 2 N–H and O–H groups in total. The van der Waals surface area contributed by atoms with Crippen LogP contribution in [0, 0.1) is 11.7 Å². The van der Waals surface area contributed by atoms with Gasteiger partial charge in [-0.25, -0.2) is 14.4 Å². The number of halogens is 1. The largest absolute Gasteiger partial charge is 0.299 e. The Morgan fingerprint density at radius 3 is 2.96 bits per heavy atom. The van der Waals surface area contributed by atoms with Crippen molar-refractivity contribution in [2.45, 2.75) is 25.0 Å². The topological polar surface area (TPSA) is 66.2 Å². The van der Waals surface area contributed by atoms with Crippen LogP contribution in [0.15, 0.2) is 47.1 Å². The minimum Gasteiger partial charge on any atom is -0.299 e. The van der Waals surface area contributed by atoms with E-state index in [0.29, 0.717) is 12.0 Å². The van der Waals surface area contributed by atoms with Gasteiger partial charge in [0.25, 0.3) is 0 Å². The summed E-state index contributed by atoms with van der Waals surface area (Å²) in [6.45, 7) is 2.85. The SMILES string of the molecule is Fc1cccc(C2NNC3CCN(Cc4ccc5nonc5c4)CC32)c1. The lowest BCUT2D eigenvalue weighted by molar-refractivity contribution is 0.148. The van der Waals surface area contributed by atoms with E-state index in [1.54, 1.807) is 12.1 Å². The standard InChI is InChI=1S/C19H20FN5O/c20-14-3-1-2-13(9-14)19-15-11-25(7-6-16(15)21-22-19)10-12-4-5-17-18(8-12)24-26-23-17/h1-5,8-9,15-16,19,21-22H,6-7,10-11H2. The second kappa shape index (κ2) is 6.42. The zero-order valence-electron chi connectivity index (χ0n) is 14.2. The predicted molar refractivity (Wildman–Crippen MR) is 94.4 cm³/mol. The van der Waals surface area contributed by atoms with Crippen molar-refractivity contribution >= 4 is 11.0 Å². The van der Waals surface area contributed by atoms with Gasteiger partial charge in [-0.1, -0.05) is 18.2 Å². The van der Waals surface area contributed by atoms with Crippen LogP contribution in [0.25, 0.3) is 11.0 Å². The number of piperidine rings is 1. The molecular weight excluding hydrogens is 333 g/mol. The quantitative estimate of drug-likeness (QED) is 0.754. The van der Waals surface area contributed by atoms with Crippen LogP contribution >= 0.6 is 0 Å². The van der Waals surface area contributed by atoms with E-state index in [1.807, 2.05) is 18.2 Å². The van der Waals surface area contributed by atoms with Gasteiger partial charge in [0, 0.05) is 31.6 Å². The molecule has 2 saturated heterocycles. The smallest absolute Gasteiger partial charge is 0.135 e. The van der Waals surface area contributed by atoms with Gasteiger partial charge in [0.15, 0.2) is 0 Å². The van der Waals surface area contributed by atoms with Gasteiger partial charge in [0.2, 0.25) is 0 Å². The zero-order chi connectivity index (χ0) is 17.5. The Morgan fingerprint density at radius 2 is 2.04 bits per heavy atom. The molecule has 0 amide bonds. The summed E-state index contributed by atoms with van der Waals surface area (Å²) in [5.74, 6) is 0.220. The Bertz CT molecular complexity index is 929. The van der Waals surface area contributed by atoms with Crippen LogP contribution in [0.1, 0.15) is 23.6 Å². The van der Waals surface area contributed by atoms with Crippen molar-refractivity contribution in [2.75, 3.05) is 13.1 Å². The molecule has 26 heavy (non-hydrogen) atoms. The van der Waals surface area contributed by atoms with Gasteiger partial charge in [0.05, 0.1) is 6.04 Å². The number of nitrogens with one attached hydrogen (secondary N) is 2. The summed E-state index contributed by atoms with van der Waals surface area (Å²) in [6, 6.07) is 13.5. The lowest BCUT2D eigenvalue weighted by Gasteiger charge is -2.36. The number of hydrogen-bond acceptors (Lipinski definition) is 6. The number of nitrogens with zero attached hydrogens (tertiary/aromatic N) is 3. The molecule has 2 aliphatic rings. The van der Waals surface area contributed by atoms with Crippen LogP contribution in [0.5, 0.6) is 0 Å². The van der Waals surface area contributed by atoms with Gasteiger partial charge < -0.3 is 0 Å². The third kappa shape index (κ3) is 2.88. The molecule has 0 radical (unpaired) electrons. The van der Waals surface area contributed by atoms with Crippen LogP contribution in [0.2, 0.25) is 0 Å². The third-order valence-electron chi connectivity index (χ3n) is 5.53. The van der Waals surface area contributed by atoms with Crippen LogP contribution in [0.4, 0.5) is 4.39 Å². The zero-order valence-corrected chi connectivity index (χ0v) is 14.2. The van der Waals surface area contributed by atoms with Crippen LogP contribution in [-0.4, -0.2) is 34.3 Å². The molecule has 3 aromatic rings. The maximum absolute atomic E-state index is 13.6. The summed E-state index contributed by atoms with van der Waals surface area (Å²) in [6.07, 6.45) is 1.07. The summed E-state index contributed by atoms with van der Waals surface area (Å²) >= 11 is 0. The van der Waals surface area contributed by atoms with E-state index < -0.39 is 0 Å². The lowest BCUT2D eigenvalue weighted by atomic mass is 9.85. The number of hydrazine groups is 1. The van der Waals surface area contributed by atoms with E-state index in [1.165, 1.54) is 11.6 Å². The molecule has 3 atom stereocenters. The lowest BCUT2D eigenvalue weighted by Crippen LogP contribution is -2.45. The third-order valence-corrected chi connectivity index (χ3v) is 5.53. The minimum atomic E-state index is -0.185. The first-order chi connectivity index (χ1) is 12.8. The first-order valence-electron chi connectivity index (χ1n) is 8.96. The average molecular weight is 353 g/mol. The Morgan fingerprint density at radius 1 is 1.12 bits per heavy atom. The highest BCUT2D eigenvalue weighted by molar-refractivity contribution is 5.73. The highest BCUT2D eigenvalue weighted by atomic mass is 19.1. The monoisotopic (exact) mass is 353 g/mol. The minimum absolute atomic E-state index is 0.126. The van der Waals surface area contributed by atoms with Crippen LogP contribution in [-0.2, 0) is 6.54 Å². The summed E-state index contributed by atoms with van der Waals surface area (Å²) < 4.78 is 18.4. The highest BCUT2D eigenvalue weighted by Crippen LogP contribution is 2.34. The molecule has 134 valence electrons. The second-order valence-corrected chi connectivity index (χ2v) is 7.20. The Labute approximate surface area is 150 Å². The fraction of sp³-hybridized carbons (Fsp3) is 0.368. The van der Waals surface area contributed by atoms with Crippen LogP contribution < -0.4 is 10.9 Å². The van der Waals surface area contributed by atoms with Gasteiger partial charge >= 0.3 is 0 Å². The molecule has 0 aliphatic carbocycles. The molecule has 5 rings (SSSR count). The second-order valence-electron chi connectivity index (χ2n) is 7.20. The summed E-state index contributed by atoms with van der Waals surface area (Å²) in [5.41, 5.74) is 10.6. The maximum atomic E-state index is 13.6. The number of likely N-dealkylation sites (tertiary alicyclic amines) is 1. The van der Waals surface area contributed by atoms with Crippen molar-refractivity contribution < 1.29 is 9.02 Å². The van der Waals surface area contributed by atoms with E-state index >= 15 is 0 Å². The van der Waals surface area contributed by atoms with E-state index in [2.05, 4.69) is 32.1 Å². The normalized spacial score (nSPS) is 26.3. The van der Waals surface area contributed by atoms with Crippen LogP contribution in [0.3, 0.4) is 0 Å². The number of hydrogen-bond donors (Lipinski definition) is 2. The van der Waals surface area contributed by atoms with E-state index in [9.17, 15) is 4.39 Å². The molecule has 2 aromatic carbocycles. The molecule has 0 saturated carbocycles. The molecule has 2 fully saturated rings. The van der Waals surface area contributed by atoms with Gasteiger partial charge in [-0.3, -0.25) is 10.3 Å². The molecule has 1 aromatic heterocycles. The Balaban J connectivity index is 1.33. The first-order valence-corrected chi connectivity index (χ1v) is 8.96. The molecule has 6 nitrogen and oxygen atoms in total. The van der Waals surface area contributed by atoms with E-state index in [0.717, 1.165) is 42.7 Å². The fourth-order valence-electron chi connectivity index (χ4n) is 4.23. The first kappa shape index (κ1) is 15.9. The molecule has 0 spiro atoms. The van der Waals surface area contributed by atoms with Crippen molar-refractivity contribution in [2.24, 2.45) is 5.92 Å². The Hall–Kier alpha value is -2.35. The summed E-state index contributed by atoms with van der Waals surface area (Å²) in [4.78, 5) is 2.46. The maximum Gasteiger partial charge on any atom is 0.135 e. The van der Waals surface area contributed by atoms with Crippen molar-refractivity contribution in [3.63, 3.8) is 0 Å². The fourth-order valence-corrected chi connectivity index (χ4v) is 4.23. The molecule has 3 unspecified atom stereocenters. The van der Waals surface area contributed by atoms with E-state index in [4.69, 9.17) is 4.63 Å². The van der Waals surface area contributed by atoms with Gasteiger partial charge in [0.1, 0.15) is 16.9 Å². The Kier molecular flexibility index (Phi) is 3.92. The average Bonchev–Trinajstić information content (AvgIpc) is 3.27.